The fraction of sp³-hybridized carbons (Fsp3) is 0.357. The van der Waals surface area contributed by atoms with Crippen molar-refractivity contribution in [2.24, 2.45) is 5.73 Å². The molecule has 1 aliphatic carbocycles. The Hall–Kier alpha value is -1.32. The maximum Gasteiger partial charge on any atom is 0.0997 e. The van der Waals surface area contributed by atoms with Crippen LogP contribution in [-0.2, 0) is 19.4 Å². The van der Waals surface area contributed by atoms with E-state index in [0.717, 1.165) is 29.1 Å². The maximum absolute atomic E-state index is 6.02. The lowest BCUT2D eigenvalue weighted by atomic mass is 10.0. The van der Waals surface area contributed by atoms with Crippen LogP contribution in [0.15, 0.2) is 24.5 Å². The van der Waals surface area contributed by atoms with Gasteiger partial charge in [-0.1, -0.05) is 11.6 Å². The van der Waals surface area contributed by atoms with Crippen LogP contribution in [-0.4, -0.2) is 9.55 Å². The number of halogens is 1. The first-order valence-corrected chi connectivity index (χ1v) is 6.71. The third kappa shape index (κ3) is 1.93. The quantitative estimate of drug-likeness (QED) is 0.903. The predicted octanol–water partition coefficient (Wildman–Crippen LogP) is 2.86. The van der Waals surface area contributed by atoms with E-state index in [1.165, 1.54) is 24.2 Å². The molecule has 0 bridgehead atoms. The summed E-state index contributed by atoms with van der Waals surface area (Å²) in [4.78, 5) is 4.52. The molecule has 0 atom stereocenters. The van der Waals surface area contributed by atoms with Crippen LogP contribution in [0.2, 0.25) is 5.02 Å². The highest BCUT2D eigenvalue weighted by molar-refractivity contribution is 6.30. The molecule has 3 nitrogen and oxygen atoms in total. The van der Waals surface area contributed by atoms with Gasteiger partial charge in [-0.3, -0.25) is 0 Å². The summed E-state index contributed by atoms with van der Waals surface area (Å²) in [6.45, 7) is 0.489. The van der Waals surface area contributed by atoms with Crippen LogP contribution in [0.5, 0.6) is 0 Å². The van der Waals surface area contributed by atoms with Crippen LogP contribution in [0.4, 0.5) is 0 Å². The molecular weight excluding hydrogens is 246 g/mol. The third-order valence-corrected chi connectivity index (χ3v) is 3.79. The Bertz CT molecular complexity index is 574. The minimum atomic E-state index is 0.489. The fourth-order valence-corrected chi connectivity index (χ4v) is 2.82. The van der Waals surface area contributed by atoms with Crippen molar-refractivity contribution in [2.45, 2.75) is 32.2 Å². The topological polar surface area (TPSA) is 43.8 Å². The number of benzene rings is 1. The van der Waals surface area contributed by atoms with Gasteiger partial charge in [-0.05, 0) is 49.4 Å². The summed E-state index contributed by atoms with van der Waals surface area (Å²) in [5.74, 6) is 0. The summed E-state index contributed by atoms with van der Waals surface area (Å²) in [6.07, 6.45) is 6.59. The second-order valence-corrected chi connectivity index (χ2v) is 5.13. The van der Waals surface area contributed by atoms with Gasteiger partial charge >= 0.3 is 0 Å². The van der Waals surface area contributed by atoms with E-state index in [-0.39, 0.29) is 0 Å². The van der Waals surface area contributed by atoms with Crippen LogP contribution < -0.4 is 5.73 Å². The molecule has 0 aliphatic heterocycles. The highest BCUT2D eigenvalue weighted by Crippen LogP contribution is 2.26. The van der Waals surface area contributed by atoms with Crippen molar-refractivity contribution in [1.82, 2.24) is 9.55 Å². The number of hydrogen-bond acceptors (Lipinski definition) is 2. The highest BCUT2D eigenvalue weighted by atomic mass is 35.5. The third-order valence-electron chi connectivity index (χ3n) is 3.55. The molecule has 18 heavy (non-hydrogen) atoms. The van der Waals surface area contributed by atoms with Gasteiger partial charge in [0.1, 0.15) is 0 Å². The van der Waals surface area contributed by atoms with Gasteiger partial charge in [-0.2, -0.15) is 0 Å². The Morgan fingerprint density at radius 1 is 1.28 bits per heavy atom. The van der Waals surface area contributed by atoms with Crippen LogP contribution in [0.3, 0.4) is 0 Å². The second-order valence-electron chi connectivity index (χ2n) is 4.69. The van der Waals surface area contributed by atoms with Gasteiger partial charge in [0.15, 0.2) is 0 Å². The lowest BCUT2D eigenvalue weighted by Crippen LogP contribution is -2.10. The van der Waals surface area contributed by atoms with Gasteiger partial charge < -0.3 is 10.3 Å². The Balaban J connectivity index is 2.12. The molecule has 0 spiro atoms. The zero-order chi connectivity index (χ0) is 12.5. The summed E-state index contributed by atoms with van der Waals surface area (Å²) < 4.78 is 2.17. The van der Waals surface area contributed by atoms with Gasteiger partial charge in [0, 0.05) is 17.3 Å². The molecule has 0 radical (unpaired) electrons. The highest BCUT2D eigenvalue weighted by Gasteiger charge is 2.17. The number of nitrogens with two attached hydrogens (primary N) is 1. The smallest absolute Gasteiger partial charge is 0.0997 e. The molecule has 4 heteroatoms. The summed E-state index contributed by atoms with van der Waals surface area (Å²) in [5, 5.41) is 0.730. The Morgan fingerprint density at radius 2 is 2.11 bits per heavy atom. The molecule has 0 fully saturated rings. The van der Waals surface area contributed by atoms with Crippen molar-refractivity contribution in [2.75, 3.05) is 0 Å². The van der Waals surface area contributed by atoms with E-state index in [1.807, 2.05) is 24.5 Å². The summed E-state index contributed by atoms with van der Waals surface area (Å²) >= 11 is 6.02. The van der Waals surface area contributed by atoms with Crippen LogP contribution in [0.25, 0.3) is 5.69 Å². The number of imidazole rings is 1. The average molecular weight is 262 g/mol. The van der Waals surface area contributed by atoms with Gasteiger partial charge in [-0.25, -0.2) is 4.98 Å². The van der Waals surface area contributed by atoms with Crippen molar-refractivity contribution >= 4 is 11.6 Å². The van der Waals surface area contributed by atoms with Gasteiger partial charge in [-0.15, -0.1) is 0 Å². The molecule has 0 saturated carbocycles. The number of aromatic nitrogens is 2. The Labute approximate surface area is 112 Å². The van der Waals surface area contributed by atoms with Crippen molar-refractivity contribution in [3.8, 4) is 5.69 Å². The molecule has 0 amide bonds. The average Bonchev–Trinajstić information content (AvgIpc) is 2.82. The molecule has 94 valence electrons. The molecule has 1 heterocycles. The number of hydrogen-bond donors (Lipinski definition) is 1. The number of nitrogens with zero attached hydrogens (tertiary/aromatic N) is 2. The zero-order valence-electron chi connectivity index (χ0n) is 10.2. The van der Waals surface area contributed by atoms with E-state index in [0.29, 0.717) is 6.54 Å². The summed E-state index contributed by atoms with van der Waals surface area (Å²) in [7, 11) is 0. The first-order chi connectivity index (χ1) is 8.79. The molecule has 3 rings (SSSR count). The lowest BCUT2D eigenvalue weighted by Gasteiger charge is -2.16. The van der Waals surface area contributed by atoms with E-state index in [4.69, 9.17) is 17.3 Å². The van der Waals surface area contributed by atoms with Crippen molar-refractivity contribution in [3.05, 3.63) is 46.5 Å². The largest absolute Gasteiger partial charge is 0.326 e. The molecule has 2 aromatic rings. The summed E-state index contributed by atoms with van der Waals surface area (Å²) in [6, 6.07) is 5.87. The van der Waals surface area contributed by atoms with Gasteiger partial charge in [0.05, 0.1) is 17.7 Å². The number of aryl methyl sites for hydroxylation is 1. The first-order valence-electron chi connectivity index (χ1n) is 6.33. The molecule has 2 N–H and O–H groups in total. The minimum Gasteiger partial charge on any atom is -0.326 e. The van der Waals surface area contributed by atoms with Crippen molar-refractivity contribution in [1.29, 1.82) is 0 Å². The van der Waals surface area contributed by atoms with Gasteiger partial charge in [0.2, 0.25) is 0 Å². The van der Waals surface area contributed by atoms with Crippen LogP contribution in [0, 0.1) is 0 Å². The fourth-order valence-electron chi connectivity index (χ4n) is 2.63. The van der Waals surface area contributed by atoms with E-state index in [2.05, 4.69) is 9.55 Å². The van der Waals surface area contributed by atoms with E-state index >= 15 is 0 Å². The Kier molecular flexibility index (Phi) is 3.10. The summed E-state index contributed by atoms with van der Waals surface area (Å²) in [5.41, 5.74) is 10.5. The lowest BCUT2D eigenvalue weighted by molar-refractivity contribution is 0.655. The zero-order valence-corrected chi connectivity index (χ0v) is 11.0. The SMILES string of the molecule is NCc1cc(Cl)ccc1-n1cnc2c1CCCC2. The monoisotopic (exact) mass is 261 g/mol. The Morgan fingerprint density at radius 3 is 2.94 bits per heavy atom. The minimum absolute atomic E-state index is 0.489. The normalized spacial score (nSPS) is 14.6. The second kappa shape index (κ2) is 4.75. The maximum atomic E-state index is 6.02. The predicted molar refractivity (Wildman–Crippen MR) is 73.1 cm³/mol. The molecule has 1 aliphatic rings. The number of fused-ring (bicyclic) bond motifs is 1. The standard InChI is InChI=1S/C14H16ClN3/c15-11-5-6-13(10(7-11)8-16)18-9-17-12-3-1-2-4-14(12)18/h5-7,9H,1-4,8,16H2. The van der Waals surface area contributed by atoms with Crippen LogP contribution >= 0.6 is 11.6 Å². The molecule has 1 aromatic heterocycles. The van der Waals surface area contributed by atoms with Crippen LogP contribution in [0.1, 0.15) is 29.8 Å². The molecular formula is C14H16ClN3. The molecule has 0 saturated heterocycles. The first kappa shape index (κ1) is 11.8. The van der Waals surface area contributed by atoms with E-state index < -0.39 is 0 Å². The number of rotatable bonds is 2. The van der Waals surface area contributed by atoms with Gasteiger partial charge in [0.25, 0.3) is 0 Å². The molecule has 1 aromatic carbocycles. The van der Waals surface area contributed by atoms with E-state index in [9.17, 15) is 0 Å². The van der Waals surface area contributed by atoms with Crippen molar-refractivity contribution in [3.63, 3.8) is 0 Å². The van der Waals surface area contributed by atoms with E-state index in [1.54, 1.807) is 0 Å². The molecule has 0 unspecified atom stereocenters. The van der Waals surface area contributed by atoms with Crippen molar-refractivity contribution < 1.29 is 0 Å².